The lowest BCUT2D eigenvalue weighted by molar-refractivity contribution is 0.126. The molecule has 2 aromatic heterocycles. The summed E-state index contributed by atoms with van der Waals surface area (Å²) in [4.78, 5) is 11.7. The number of imidazole rings is 1. The molecule has 0 saturated heterocycles. The molecule has 3 rings (SSSR count). The second-order valence-corrected chi connectivity index (χ2v) is 4.15. The number of fused-ring (bicyclic) bond motifs is 1. The zero-order valence-corrected chi connectivity index (χ0v) is 10.1. The lowest BCUT2D eigenvalue weighted by Crippen LogP contribution is -2.28. The van der Waals surface area contributed by atoms with E-state index in [1.165, 1.54) is 0 Å². The van der Waals surface area contributed by atoms with Gasteiger partial charge in [0.15, 0.2) is 5.82 Å². The molecule has 7 heteroatoms. The lowest BCUT2D eigenvalue weighted by atomic mass is 10.1. The van der Waals surface area contributed by atoms with E-state index in [2.05, 4.69) is 25.4 Å². The van der Waals surface area contributed by atoms with Crippen molar-refractivity contribution in [2.45, 2.75) is 32.5 Å². The van der Waals surface area contributed by atoms with Crippen molar-refractivity contribution in [3.8, 4) is 0 Å². The molecule has 1 atom stereocenters. The molecule has 0 saturated carbocycles. The Hall–Kier alpha value is -1.73. The quantitative estimate of drug-likeness (QED) is 0.829. The maximum absolute atomic E-state index is 5.25. The number of nitrogens with zero attached hydrogens (tertiary/aromatic N) is 3. The van der Waals surface area contributed by atoms with Gasteiger partial charge in [-0.05, 0) is 6.92 Å². The summed E-state index contributed by atoms with van der Waals surface area (Å²) in [6, 6.07) is 0.0312. The molecule has 1 aliphatic rings. The molecule has 0 aromatic carbocycles. The summed E-state index contributed by atoms with van der Waals surface area (Å²) in [5.41, 5.74) is 2.18. The number of H-pyrrole nitrogens is 1. The van der Waals surface area contributed by atoms with Crippen molar-refractivity contribution in [2.24, 2.45) is 0 Å². The van der Waals surface area contributed by atoms with Crippen molar-refractivity contribution in [3.05, 3.63) is 29.4 Å². The Bertz CT molecular complexity index is 521. The maximum Gasteiger partial charge on any atom is 0.244 e. The van der Waals surface area contributed by atoms with Crippen molar-refractivity contribution >= 4 is 0 Å². The fourth-order valence-corrected chi connectivity index (χ4v) is 2.00. The van der Waals surface area contributed by atoms with E-state index in [1.807, 2.05) is 6.92 Å². The summed E-state index contributed by atoms with van der Waals surface area (Å²) in [6.45, 7) is 3.70. The maximum atomic E-state index is 5.25. The molecule has 0 spiro atoms. The molecule has 1 unspecified atom stereocenters. The Morgan fingerprint density at radius 1 is 1.56 bits per heavy atom. The highest BCUT2D eigenvalue weighted by Crippen LogP contribution is 2.22. The molecule has 2 aromatic rings. The molecule has 96 valence electrons. The number of ether oxygens (including phenoxy) is 1. The van der Waals surface area contributed by atoms with Gasteiger partial charge < -0.3 is 14.2 Å². The van der Waals surface area contributed by atoms with E-state index in [0.29, 0.717) is 24.9 Å². The number of nitrogens with one attached hydrogen (secondary N) is 2. The van der Waals surface area contributed by atoms with E-state index in [4.69, 9.17) is 9.26 Å². The normalized spacial score (nSPS) is 18.8. The molecule has 7 nitrogen and oxygen atoms in total. The van der Waals surface area contributed by atoms with Crippen LogP contribution in [0.3, 0.4) is 0 Å². The highest BCUT2D eigenvalue weighted by atomic mass is 16.5. The Balaban J connectivity index is 1.70. The average Bonchev–Trinajstić information content (AvgIpc) is 3.04. The molecule has 2 N–H and O–H groups in total. The van der Waals surface area contributed by atoms with Gasteiger partial charge in [-0.2, -0.15) is 4.98 Å². The Labute approximate surface area is 104 Å². The third-order valence-corrected chi connectivity index (χ3v) is 2.95. The lowest BCUT2D eigenvalue weighted by Gasteiger charge is -2.19. The highest BCUT2D eigenvalue weighted by Gasteiger charge is 2.25. The number of rotatable bonds is 4. The number of aromatic amines is 1. The fraction of sp³-hybridized carbons (Fsp3) is 0.545. The molecular formula is C11H15N5O2. The minimum atomic E-state index is 0.0312. The molecule has 3 heterocycles. The van der Waals surface area contributed by atoms with Gasteiger partial charge in [0.25, 0.3) is 0 Å². The molecule has 18 heavy (non-hydrogen) atoms. The predicted octanol–water partition coefficient (Wildman–Crippen LogP) is 0.716. The first kappa shape index (κ1) is 11.4. The highest BCUT2D eigenvalue weighted by molar-refractivity contribution is 5.17. The van der Waals surface area contributed by atoms with E-state index >= 15 is 0 Å². The van der Waals surface area contributed by atoms with Gasteiger partial charge in [0.1, 0.15) is 6.61 Å². The van der Waals surface area contributed by atoms with E-state index in [1.54, 1.807) is 6.33 Å². The molecule has 1 aliphatic heterocycles. The minimum Gasteiger partial charge on any atom is -0.374 e. The van der Waals surface area contributed by atoms with E-state index in [-0.39, 0.29) is 6.04 Å². The Morgan fingerprint density at radius 2 is 2.50 bits per heavy atom. The predicted molar refractivity (Wildman–Crippen MR) is 61.5 cm³/mol. The van der Waals surface area contributed by atoms with Crippen molar-refractivity contribution in [1.82, 2.24) is 25.4 Å². The van der Waals surface area contributed by atoms with Crippen LogP contribution in [0.1, 0.15) is 36.1 Å². The first-order valence-electron chi connectivity index (χ1n) is 6.01. The van der Waals surface area contributed by atoms with E-state index in [9.17, 15) is 0 Å². The summed E-state index contributed by atoms with van der Waals surface area (Å²) in [6.07, 6.45) is 2.47. The van der Waals surface area contributed by atoms with Gasteiger partial charge in [0.2, 0.25) is 5.89 Å². The number of aromatic nitrogens is 4. The molecule has 0 bridgehead atoms. The van der Waals surface area contributed by atoms with Crippen LogP contribution in [0.15, 0.2) is 10.9 Å². The largest absolute Gasteiger partial charge is 0.374 e. The fourth-order valence-electron chi connectivity index (χ4n) is 2.00. The molecular weight excluding hydrogens is 234 g/mol. The van der Waals surface area contributed by atoms with E-state index < -0.39 is 0 Å². The van der Waals surface area contributed by atoms with Gasteiger partial charge in [-0.3, -0.25) is 5.32 Å². The second-order valence-electron chi connectivity index (χ2n) is 4.15. The molecule has 0 radical (unpaired) electrons. The van der Waals surface area contributed by atoms with Crippen LogP contribution in [0.2, 0.25) is 0 Å². The van der Waals surface area contributed by atoms with Crippen LogP contribution in [0.25, 0.3) is 0 Å². The van der Waals surface area contributed by atoms with Crippen molar-refractivity contribution < 1.29 is 9.26 Å². The van der Waals surface area contributed by atoms with Crippen LogP contribution in [0.5, 0.6) is 0 Å². The van der Waals surface area contributed by atoms with Gasteiger partial charge >= 0.3 is 0 Å². The van der Waals surface area contributed by atoms with Crippen LogP contribution in [-0.4, -0.2) is 26.7 Å². The monoisotopic (exact) mass is 249 g/mol. The summed E-state index contributed by atoms with van der Waals surface area (Å²) < 4.78 is 10.5. The zero-order valence-electron chi connectivity index (χ0n) is 10.1. The summed E-state index contributed by atoms with van der Waals surface area (Å²) in [5.74, 6) is 1.18. The topological polar surface area (TPSA) is 88.9 Å². The Kier molecular flexibility index (Phi) is 3.07. The molecule has 0 amide bonds. The molecule has 0 aliphatic carbocycles. The van der Waals surface area contributed by atoms with Gasteiger partial charge in [0, 0.05) is 19.6 Å². The summed E-state index contributed by atoms with van der Waals surface area (Å²) in [7, 11) is 0. The number of hydrogen-bond acceptors (Lipinski definition) is 6. The van der Waals surface area contributed by atoms with Crippen LogP contribution >= 0.6 is 0 Å². The van der Waals surface area contributed by atoms with Gasteiger partial charge in [-0.15, -0.1) is 0 Å². The van der Waals surface area contributed by atoms with Crippen LogP contribution in [0, 0.1) is 0 Å². The van der Waals surface area contributed by atoms with Gasteiger partial charge in [-0.1, -0.05) is 5.16 Å². The third-order valence-electron chi connectivity index (χ3n) is 2.95. The zero-order chi connectivity index (χ0) is 12.4. The molecule has 0 fully saturated rings. The van der Waals surface area contributed by atoms with Crippen LogP contribution in [0.4, 0.5) is 0 Å². The smallest absolute Gasteiger partial charge is 0.244 e. The van der Waals surface area contributed by atoms with Crippen LogP contribution < -0.4 is 5.32 Å². The van der Waals surface area contributed by atoms with Crippen molar-refractivity contribution in [2.75, 3.05) is 6.61 Å². The Morgan fingerprint density at radius 3 is 3.39 bits per heavy atom. The van der Waals surface area contributed by atoms with Gasteiger partial charge in [0.05, 0.1) is 23.8 Å². The number of hydrogen-bond donors (Lipinski definition) is 2. The van der Waals surface area contributed by atoms with Crippen LogP contribution in [-0.2, 0) is 24.3 Å². The standard InChI is InChI=1S/C11H15N5O2/c1-2-17-5-10-15-11(18-16-10)8-3-7-9(4-12-8)14-6-13-7/h6,8,12H,2-5H2,1H3,(H,13,14). The van der Waals surface area contributed by atoms with Crippen molar-refractivity contribution in [1.29, 1.82) is 0 Å². The summed E-state index contributed by atoms with van der Waals surface area (Å²) >= 11 is 0. The minimum absolute atomic E-state index is 0.0312. The first-order valence-corrected chi connectivity index (χ1v) is 6.01. The van der Waals surface area contributed by atoms with Crippen molar-refractivity contribution in [3.63, 3.8) is 0 Å². The van der Waals surface area contributed by atoms with Gasteiger partial charge in [-0.25, -0.2) is 4.98 Å². The second kappa shape index (κ2) is 4.87. The van der Waals surface area contributed by atoms with E-state index in [0.717, 1.165) is 24.4 Å². The first-order chi connectivity index (χ1) is 8.86. The average molecular weight is 249 g/mol. The SMILES string of the molecule is CCOCc1noc(C2Cc3nc[nH]c3CN2)n1. The third kappa shape index (κ3) is 2.14. The summed E-state index contributed by atoms with van der Waals surface area (Å²) in [5, 5.41) is 7.23.